The van der Waals surface area contributed by atoms with Gasteiger partial charge >= 0.3 is 12.1 Å². The predicted molar refractivity (Wildman–Crippen MR) is 102 cm³/mol. The molecule has 0 bridgehead atoms. The quantitative estimate of drug-likeness (QED) is 0.625. The number of benzene rings is 1. The van der Waals surface area contributed by atoms with Gasteiger partial charge in [-0.1, -0.05) is 30.3 Å². The van der Waals surface area contributed by atoms with Crippen molar-refractivity contribution in [3.8, 4) is 0 Å². The van der Waals surface area contributed by atoms with Crippen LogP contribution in [0, 0.1) is 0 Å². The molecule has 1 atom stereocenters. The lowest BCUT2D eigenvalue weighted by atomic mass is 10.0. The minimum Gasteiger partial charge on any atom is -0.480 e. The van der Waals surface area contributed by atoms with Crippen molar-refractivity contribution in [3.05, 3.63) is 35.9 Å². The number of amides is 1. The Morgan fingerprint density at radius 3 is 2.27 bits per heavy atom. The van der Waals surface area contributed by atoms with Crippen LogP contribution in [0.25, 0.3) is 0 Å². The first-order chi connectivity index (χ1) is 12.0. The lowest BCUT2D eigenvalue weighted by Crippen LogP contribution is -2.54. The summed E-state index contributed by atoms with van der Waals surface area (Å²) in [6.45, 7) is 9.37. The minimum atomic E-state index is -0.883. The molecule has 0 aliphatic carbocycles. The number of carboxylic acids is 1. The number of carboxylic acid groups (broad SMARTS) is 1. The van der Waals surface area contributed by atoms with Crippen LogP contribution >= 0.6 is 0 Å². The minimum absolute atomic E-state index is 0.328. The van der Waals surface area contributed by atoms with Crippen LogP contribution in [0.4, 0.5) is 4.79 Å². The molecular formula is C20H32N2O4. The molecule has 6 nitrogen and oxygen atoms in total. The highest BCUT2D eigenvalue weighted by Gasteiger charge is 2.26. The zero-order valence-electron chi connectivity index (χ0n) is 16.5. The fourth-order valence-electron chi connectivity index (χ4n) is 2.47. The largest absolute Gasteiger partial charge is 0.480 e. The van der Waals surface area contributed by atoms with E-state index < -0.39 is 29.2 Å². The molecular weight excluding hydrogens is 332 g/mol. The first-order valence-corrected chi connectivity index (χ1v) is 9.00. The van der Waals surface area contributed by atoms with Crippen molar-refractivity contribution < 1.29 is 19.4 Å². The average Bonchev–Trinajstić information content (AvgIpc) is 2.48. The summed E-state index contributed by atoms with van der Waals surface area (Å²) >= 11 is 0. The van der Waals surface area contributed by atoms with Gasteiger partial charge in [-0.15, -0.1) is 0 Å². The fraction of sp³-hybridized carbons (Fsp3) is 0.600. The fourth-order valence-corrected chi connectivity index (χ4v) is 2.47. The number of aliphatic carboxylic acids is 1. The Labute approximate surface area is 156 Å². The highest BCUT2D eigenvalue weighted by molar-refractivity contribution is 5.73. The summed E-state index contributed by atoms with van der Waals surface area (Å²) in [5.74, 6) is -0.883. The molecule has 6 heteroatoms. The zero-order chi connectivity index (χ0) is 19.8. The van der Waals surface area contributed by atoms with Crippen LogP contribution in [0.1, 0.15) is 53.0 Å². The Morgan fingerprint density at radius 1 is 1.12 bits per heavy atom. The SMILES string of the molecule is CC(C)(CN[C@H](CCCc1ccccc1)C(=O)O)NC(=O)OC(C)(C)C. The standard InChI is InChI=1S/C20H32N2O4/c1-19(2,3)26-18(25)22-20(4,5)14-21-16(17(23)24)13-9-12-15-10-7-6-8-11-15/h6-8,10-11,16,21H,9,12-14H2,1-5H3,(H,22,25)(H,23,24)/t16-/m1/s1. The van der Waals surface area contributed by atoms with Gasteiger partial charge in [0.1, 0.15) is 11.6 Å². The molecule has 26 heavy (non-hydrogen) atoms. The monoisotopic (exact) mass is 364 g/mol. The third kappa shape index (κ3) is 9.42. The first-order valence-electron chi connectivity index (χ1n) is 9.00. The van der Waals surface area contributed by atoms with Crippen molar-refractivity contribution in [1.29, 1.82) is 0 Å². The van der Waals surface area contributed by atoms with E-state index in [0.717, 1.165) is 12.8 Å². The Bertz CT molecular complexity index is 579. The van der Waals surface area contributed by atoms with E-state index in [1.165, 1.54) is 5.56 Å². The predicted octanol–water partition coefficient (Wildman–Crippen LogP) is 3.36. The van der Waals surface area contributed by atoms with Gasteiger partial charge in [0.05, 0.1) is 5.54 Å². The van der Waals surface area contributed by atoms with Crippen molar-refractivity contribution in [2.75, 3.05) is 6.54 Å². The number of hydrogen-bond donors (Lipinski definition) is 3. The molecule has 0 spiro atoms. The maximum atomic E-state index is 11.9. The van der Waals surface area contributed by atoms with E-state index in [1.807, 2.05) is 44.2 Å². The Kier molecular flexibility index (Phi) is 8.08. The zero-order valence-corrected chi connectivity index (χ0v) is 16.5. The van der Waals surface area contributed by atoms with Gasteiger partial charge in [0.25, 0.3) is 0 Å². The maximum absolute atomic E-state index is 11.9. The number of alkyl carbamates (subject to hydrolysis) is 1. The lowest BCUT2D eigenvalue weighted by Gasteiger charge is -2.30. The molecule has 0 aromatic heterocycles. The maximum Gasteiger partial charge on any atom is 0.408 e. The number of carbonyl (C=O) groups excluding carboxylic acids is 1. The van der Waals surface area contributed by atoms with Crippen LogP contribution in [-0.2, 0) is 16.0 Å². The number of ether oxygens (including phenoxy) is 1. The van der Waals surface area contributed by atoms with Crippen LogP contribution < -0.4 is 10.6 Å². The topological polar surface area (TPSA) is 87.7 Å². The van der Waals surface area contributed by atoms with Gasteiger partial charge in [-0.25, -0.2) is 4.79 Å². The number of aryl methyl sites for hydroxylation is 1. The molecule has 0 saturated carbocycles. The van der Waals surface area contributed by atoms with Crippen LogP contribution in [0.3, 0.4) is 0 Å². The van der Waals surface area contributed by atoms with Gasteiger partial charge in [-0.3, -0.25) is 4.79 Å². The number of nitrogens with one attached hydrogen (secondary N) is 2. The van der Waals surface area contributed by atoms with E-state index >= 15 is 0 Å². The van der Waals surface area contributed by atoms with Crippen molar-refractivity contribution in [1.82, 2.24) is 10.6 Å². The number of carbonyl (C=O) groups is 2. The van der Waals surface area contributed by atoms with E-state index in [4.69, 9.17) is 4.74 Å². The van der Waals surface area contributed by atoms with Crippen LogP contribution in [-0.4, -0.2) is 40.9 Å². The summed E-state index contributed by atoms with van der Waals surface area (Å²) in [6.07, 6.45) is 1.62. The van der Waals surface area contributed by atoms with Gasteiger partial charge in [0.2, 0.25) is 0 Å². The highest BCUT2D eigenvalue weighted by Crippen LogP contribution is 2.11. The number of rotatable bonds is 9. The highest BCUT2D eigenvalue weighted by atomic mass is 16.6. The summed E-state index contributed by atoms with van der Waals surface area (Å²) in [5, 5.41) is 15.2. The molecule has 1 aromatic carbocycles. The Hall–Kier alpha value is -2.08. The molecule has 0 heterocycles. The molecule has 0 radical (unpaired) electrons. The molecule has 1 amide bonds. The van der Waals surface area contributed by atoms with Crippen LogP contribution in [0.5, 0.6) is 0 Å². The molecule has 0 aliphatic rings. The van der Waals surface area contributed by atoms with Crippen molar-refractivity contribution in [2.24, 2.45) is 0 Å². The van der Waals surface area contributed by atoms with E-state index in [0.29, 0.717) is 13.0 Å². The second kappa shape index (κ2) is 9.57. The van der Waals surface area contributed by atoms with E-state index in [2.05, 4.69) is 10.6 Å². The van der Waals surface area contributed by atoms with Gasteiger partial charge in [0, 0.05) is 6.54 Å². The summed E-state index contributed by atoms with van der Waals surface area (Å²) in [4.78, 5) is 23.4. The van der Waals surface area contributed by atoms with Gasteiger partial charge in [0.15, 0.2) is 0 Å². The van der Waals surface area contributed by atoms with E-state index in [-0.39, 0.29) is 0 Å². The molecule has 0 saturated heterocycles. The second-order valence-corrected chi connectivity index (χ2v) is 8.16. The summed E-state index contributed by atoms with van der Waals surface area (Å²) in [6, 6.07) is 9.35. The molecule has 3 N–H and O–H groups in total. The van der Waals surface area contributed by atoms with Gasteiger partial charge in [-0.05, 0) is 59.4 Å². The molecule has 0 unspecified atom stereocenters. The smallest absolute Gasteiger partial charge is 0.408 e. The third-order valence-electron chi connectivity index (χ3n) is 3.73. The van der Waals surface area contributed by atoms with E-state index in [9.17, 15) is 14.7 Å². The normalized spacial score (nSPS) is 13.1. The Balaban J connectivity index is 2.46. The third-order valence-corrected chi connectivity index (χ3v) is 3.73. The van der Waals surface area contributed by atoms with Crippen molar-refractivity contribution in [2.45, 2.75) is 71.1 Å². The summed E-state index contributed by atoms with van der Waals surface area (Å²) in [7, 11) is 0. The van der Waals surface area contributed by atoms with Crippen LogP contribution in [0.2, 0.25) is 0 Å². The second-order valence-electron chi connectivity index (χ2n) is 8.16. The van der Waals surface area contributed by atoms with E-state index in [1.54, 1.807) is 20.8 Å². The molecule has 0 aliphatic heterocycles. The molecule has 0 fully saturated rings. The summed E-state index contributed by atoms with van der Waals surface area (Å²) < 4.78 is 5.25. The van der Waals surface area contributed by atoms with Crippen molar-refractivity contribution in [3.63, 3.8) is 0 Å². The number of hydrogen-bond acceptors (Lipinski definition) is 4. The van der Waals surface area contributed by atoms with Crippen molar-refractivity contribution >= 4 is 12.1 Å². The summed E-state index contributed by atoms with van der Waals surface area (Å²) in [5.41, 5.74) is -0.00653. The first kappa shape index (κ1) is 22.0. The average molecular weight is 364 g/mol. The van der Waals surface area contributed by atoms with Gasteiger partial charge < -0.3 is 20.5 Å². The molecule has 1 aromatic rings. The van der Waals surface area contributed by atoms with Gasteiger partial charge in [-0.2, -0.15) is 0 Å². The molecule has 1 rings (SSSR count). The Morgan fingerprint density at radius 2 is 1.73 bits per heavy atom. The molecule has 146 valence electrons. The van der Waals surface area contributed by atoms with Crippen LogP contribution in [0.15, 0.2) is 30.3 Å². The lowest BCUT2D eigenvalue weighted by molar-refractivity contribution is -0.139.